The third-order valence-electron chi connectivity index (χ3n) is 6.06. The molecule has 3 heterocycles. The molecule has 172 valence electrons. The first-order valence-electron chi connectivity index (χ1n) is 10.6. The maximum atomic E-state index is 14.0. The van der Waals surface area contributed by atoms with E-state index in [4.69, 9.17) is 37.3 Å². The Balaban J connectivity index is 1.70. The van der Waals surface area contributed by atoms with Crippen LogP contribution in [0.4, 0.5) is 0 Å². The molecular formula is C24H17Cl2N3O4S. The molecule has 0 unspecified atom stereocenters. The van der Waals surface area contributed by atoms with E-state index in [2.05, 4.69) is 4.98 Å². The molecule has 0 spiro atoms. The first-order chi connectivity index (χ1) is 16.5. The first kappa shape index (κ1) is 21.5. The average molecular weight is 514 g/mol. The summed E-state index contributed by atoms with van der Waals surface area (Å²) in [6.45, 7) is 0.141. The number of halogens is 2. The van der Waals surface area contributed by atoms with Gasteiger partial charge in [-0.15, -0.1) is 11.3 Å². The SMILES string of the molecule is COc1ccc(-c2nc3sc4c(O)c(Cl)cc(Cl)c4c3c(=O)n2Cc2cnco2)c(C2CC2)c1. The number of thiophene rings is 1. The topological polar surface area (TPSA) is 90.4 Å². The number of aromatic nitrogens is 3. The number of methoxy groups -OCH3 is 1. The van der Waals surface area contributed by atoms with E-state index in [9.17, 15) is 9.90 Å². The lowest BCUT2D eigenvalue weighted by Gasteiger charge is -2.15. The zero-order valence-corrected chi connectivity index (χ0v) is 20.2. The number of oxazole rings is 1. The number of rotatable bonds is 5. The van der Waals surface area contributed by atoms with E-state index in [-0.39, 0.29) is 27.9 Å². The van der Waals surface area contributed by atoms with E-state index in [1.807, 2.05) is 18.2 Å². The molecule has 1 saturated carbocycles. The number of aromatic hydroxyl groups is 1. The molecule has 0 bridgehead atoms. The molecule has 6 rings (SSSR count). The second kappa shape index (κ2) is 8.01. The minimum absolute atomic E-state index is 0.116. The van der Waals surface area contributed by atoms with E-state index >= 15 is 0 Å². The second-order valence-electron chi connectivity index (χ2n) is 8.20. The molecule has 0 aliphatic heterocycles. The van der Waals surface area contributed by atoms with Crippen molar-refractivity contribution in [2.75, 3.05) is 7.11 Å². The van der Waals surface area contributed by atoms with Gasteiger partial charge in [0.1, 0.15) is 22.2 Å². The van der Waals surface area contributed by atoms with Crippen LogP contribution in [-0.2, 0) is 6.54 Å². The maximum Gasteiger partial charge on any atom is 0.263 e. The highest BCUT2D eigenvalue weighted by Crippen LogP contribution is 2.47. The highest BCUT2D eigenvalue weighted by atomic mass is 35.5. The van der Waals surface area contributed by atoms with E-state index < -0.39 is 0 Å². The first-order valence-corrected chi connectivity index (χ1v) is 12.1. The molecule has 2 aromatic carbocycles. The molecule has 7 nitrogen and oxygen atoms in total. The van der Waals surface area contributed by atoms with Gasteiger partial charge in [0.25, 0.3) is 5.56 Å². The van der Waals surface area contributed by atoms with Gasteiger partial charge in [-0.05, 0) is 48.6 Å². The van der Waals surface area contributed by atoms with Gasteiger partial charge in [0, 0.05) is 10.9 Å². The summed E-state index contributed by atoms with van der Waals surface area (Å²) in [6.07, 6.45) is 5.03. The quantitative estimate of drug-likeness (QED) is 0.300. The fourth-order valence-electron chi connectivity index (χ4n) is 4.27. The Bertz CT molecular complexity index is 1640. The summed E-state index contributed by atoms with van der Waals surface area (Å²) in [5.41, 5.74) is 1.65. The Morgan fingerprint density at radius 1 is 1.24 bits per heavy atom. The fraction of sp³-hybridized carbons (Fsp3) is 0.208. The summed E-state index contributed by atoms with van der Waals surface area (Å²) in [4.78, 5) is 23.3. The van der Waals surface area contributed by atoms with Crippen molar-refractivity contribution in [2.45, 2.75) is 25.3 Å². The van der Waals surface area contributed by atoms with Crippen molar-refractivity contribution >= 4 is 54.8 Å². The number of fused-ring (bicyclic) bond motifs is 3. The number of ether oxygens (including phenoxy) is 1. The minimum Gasteiger partial charge on any atom is -0.505 e. The molecule has 3 aromatic heterocycles. The van der Waals surface area contributed by atoms with E-state index in [1.54, 1.807) is 17.9 Å². The van der Waals surface area contributed by atoms with Crippen molar-refractivity contribution in [1.29, 1.82) is 0 Å². The monoisotopic (exact) mass is 513 g/mol. The van der Waals surface area contributed by atoms with Gasteiger partial charge in [-0.25, -0.2) is 9.97 Å². The van der Waals surface area contributed by atoms with Crippen LogP contribution in [0.2, 0.25) is 10.0 Å². The molecule has 10 heteroatoms. The average Bonchev–Trinajstić information content (AvgIpc) is 3.40. The van der Waals surface area contributed by atoms with Gasteiger partial charge >= 0.3 is 0 Å². The fourth-order valence-corrected chi connectivity index (χ4v) is 6.08. The Labute approximate surface area is 207 Å². The van der Waals surface area contributed by atoms with Crippen LogP contribution < -0.4 is 10.3 Å². The van der Waals surface area contributed by atoms with E-state index in [0.29, 0.717) is 37.8 Å². The van der Waals surface area contributed by atoms with Crippen molar-refractivity contribution in [3.8, 4) is 22.9 Å². The molecule has 0 saturated heterocycles. The number of nitrogens with zero attached hydrogens (tertiary/aromatic N) is 3. The van der Waals surface area contributed by atoms with Crippen LogP contribution >= 0.6 is 34.5 Å². The molecule has 0 atom stereocenters. The minimum atomic E-state index is -0.288. The Morgan fingerprint density at radius 3 is 2.76 bits per heavy atom. The molecule has 5 aromatic rings. The van der Waals surface area contributed by atoms with Gasteiger partial charge < -0.3 is 14.3 Å². The highest BCUT2D eigenvalue weighted by molar-refractivity contribution is 7.26. The largest absolute Gasteiger partial charge is 0.505 e. The molecule has 1 aliphatic carbocycles. The lowest BCUT2D eigenvalue weighted by molar-refractivity contribution is 0.414. The zero-order chi connectivity index (χ0) is 23.6. The van der Waals surface area contributed by atoms with Crippen molar-refractivity contribution in [3.63, 3.8) is 0 Å². The summed E-state index contributed by atoms with van der Waals surface area (Å²) in [6, 6.07) is 7.25. The van der Waals surface area contributed by atoms with Crippen LogP contribution in [0.3, 0.4) is 0 Å². The van der Waals surface area contributed by atoms with Gasteiger partial charge in [-0.2, -0.15) is 0 Å². The number of hydrogen-bond donors (Lipinski definition) is 1. The van der Waals surface area contributed by atoms with E-state index in [1.165, 1.54) is 23.8 Å². The van der Waals surface area contributed by atoms with Crippen molar-refractivity contribution in [3.05, 3.63) is 68.6 Å². The van der Waals surface area contributed by atoms with Crippen LogP contribution in [0.1, 0.15) is 30.1 Å². The van der Waals surface area contributed by atoms with Gasteiger partial charge in [0.15, 0.2) is 12.1 Å². The summed E-state index contributed by atoms with van der Waals surface area (Å²) in [5.74, 6) is 2.05. The maximum absolute atomic E-state index is 14.0. The number of phenolic OH excluding ortho intramolecular Hbond substituents is 1. The highest BCUT2D eigenvalue weighted by Gasteiger charge is 2.30. The number of benzene rings is 2. The summed E-state index contributed by atoms with van der Waals surface area (Å²) >= 11 is 13.8. The van der Waals surface area contributed by atoms with Gasteiger partial charge in [-0.1, -0.05) is 23.2 Å². The lowest BCUT2D eigenvalue weighted by Crippen LogP contribution is -2.24. The number of hydrogen-bond acceptors (Lipinski definition) is 7. The van der Waals surface area contributed by atoms with Gasteiger partial charge in [-0.3, -0.25) is 9.36 Å². The zero-order valence-electron chi connectivity index (χ0n) is 17.8. The summed E-state index contributed by atoms with van der Waals surface area (Å²) in [5, 5.41) is 11.7. The summed E-state index contributed by atoms with van der Waals surface area (Å²) in [7, 11) is 1.63. The van der Waals surface area contributed by atoms with Crippen LogP contribution in [0, 0.1) is 0 Å². The molecular weight excluding hydrogens is 497 g/mol. The van der Waals surface area contributed by atoms with Crippen LogP contribution in [0.25, 0.3) is 31.7 Å². The van der Waals surface area contributed by atoms with Crippen LogP contribution in [0.15, 0.2) is 46.1 Å². The molecule has 1 N–H and O–H groups in total. The molecule has 0 radical (unpaired) electrons. The Kier molecular flexibility index (Phi) is 5.05. The van der Waals surface area contributed by atoms with Crippen LogP contribution in [-0.4, -0.2) is 26.8 Å². The molecule has 1 aliphatic rings. The molecule has 0 amide bonds. The molecule has 1 fully saturated rings. The Hall–Kier alpha value is -3.07. The third kappa shape index (κ3) is 3.36. The van der Waals surface area contributed by atoms with E-state index in [0.717, 1.165) is 29.7 Å². The van der Waals surface area contributed by atoms with Crippen molar-refractivity contribution in [1.82, 2.24) is 14.5 Å². The van der Waals surface area contributed by atoms with Crippen molar-refractivity contribution < 1.29 is 14.3 Å². The third-order valence-corrected chi connectivity index (χ3v) is 7.74. The summed E-state index contributed by atoms with van der Waals surface area (Å²) < 4.78 is 12.9. The Morgan fingerprint density at radius 2 is 2.06 bits per heavy atom. The normalized spacial score (nSPS) is 13.7. The predicted octanol–water partition coefficient (Wildman–Crippen LogP) is 6.21. The predicted molar refractivity (Wildman–Crippen MR) is 133 cm³/mol. The lowest BCUT2D eigenvalue weighted by atomic mass is 10.0. The van der Waals surface area contributed by atoms with Crippen molar-refractivity contribution in [2.24, 2.45) is 0 Å². The molecule has 34 heavy (non-hydrogen) atoms. The smallest absolute Gasteiger partial charge is 0.263 e. The standard InChI is InChI=1S/C24H17Cl2N3O4S/c1-32-12-4-5-14(15(6-12)11-2-3-11)22-28-23-19(24(31)29(22)9-13-8-27-10-33-13)18-16(25)7-17(26)20(30)21(18)34-23/h4-8,10-11,30H,2-3,9H2,1H3. The number of phenols is 1. The van der Waals surface area contributed by atoms with Gasteiger partial charge in [0.05, 0.1) is 40.0 Å². The van der Waals surface area contributed by atoms with Crippen LogP contribution in [0.5, 0.6) is 11.5 Å². The van der Waals surface area contributed by atoms with Gasteiger partial charge in [0.2, 0.25) is 0 Å². The second-order valence-corrected chi connectivity index (χ2v) is 10.0.